The molecule has 112 valence electrons. The number of fused-ring (bicyclic) bond motifs is 1. The number of H-pyrrole nitrogens is 1. The van der Waals surface area contributed by atoms with Crippen molar-refractivity contribution >= 4 is 16.9 Å². The predicted molar refractivity (Wildman–Crippen MR) is 83.6 cm³/mol. The minimum absolute atomic E-state index is 0.202. The lowest BCUT2D eigenvalue weighted by Gasteiger charge is -2.14. The van der Waals surface area contributed by atoms with Crippen molar-refractivity contribution in [3.05, 3.63) is 30.0 Å². The molecule has 1 N–H and O–H groups in total. The number of hydrogen-bond donors (Lipinski definition) is 1. The zero-order valence-corrected chi connectivity index (χ0v) is 12.7. The van der Waals surface area contributed by atoms with E-state index in [0.29, 0.717) is 12.2 Å². The number of rotatable bonds is 6. The van der Waals surface area contributed by atoms with Gasteiger partial charge in [-0.25, -0.2) is 0 Å². The highest BCUT2D eigenvalue weighted by Gasteiger charge is 2.25. The van der Waals surface area contributed by atoms with Gasteiger partial charge in [0.05, 0.1) is 0 Å². The molecule has 4 heteroatoms. The number of aromatic amines is 1. The molecule has 0 unspecified atom stereocenters. The lowest BCUT2D eigenvalue weighted by Crippen LogP contribution is -2.23. The summed E-state index contributed by atoms with van der Waals surface area (Å²) in [7, 11) is 2.20. The minimum atomic E-state index is -0.202. The quantitative estimate of drug-likeness (QED) is 0.655. The Bertz CT molecular complexity index is 643. The van der Waals surface area contributed by atoms with E-state index in [0.717, 1.165) is 24.5 Å². The average Bonchev–Trinajstić information content (AvgIpc) is 3.26. The number of likely N-dealkylation sites (N-methyl/N-ethyl adjacent to an activating group) is 1. The molecule has 0 radical (unpaired) electrons. The number of carbonyl (C=O) groups is 1. The second-order valence-corrected chi connectivity index (χ2v) is 5.81. The molecule has 0 amide bonds. The first-order valence-corrected chi connectivity index (χ1v) is 7.68. The molecule has 2 aromatic rings. The molecule has 0 aliphatic heterocycles. The fourth-order valence-electron chi connectivity index (χ4n) is 2.63. The van der Waals surface area contributed by atoms with E-state index in [-0.39, 0.29) is 5.97 Å². The van der Waals surface area contributed by atoms with Crippen LogP contribution in [0.4, 0.5) is 0 Å². The Balaban J connectivity index is 1.71. The van der Waals surface area contributed by atoms with Gasteiger partial charge in [0.1, 0.15) is 5.75 Å². The fraction of sp³-hybridized carbons (Fsp3) is 0.471. The first-order chi connectivity index (χ1) is 10.2. The van der Waals surface area contributed by atoms with Gasteiger partial charge in [0.25, 0.3) is 0 Å². The van der Waals surface area contributed by atoms with Crippen LogP contribution in [0, 0.1) is 0 Å². The van der Waals surface area contributed by atoms with Gasteiger partial charge in [-0.15, -0.1) is 0 Å². The SMILES string of the molecule is CCC(=O)Oc1ccc2c(CCN(C)C3CC3)c[nH]c2c1. The smallest absolute Gasteiger partial charge is 0.310 e. The highest BCUT2D eigenvalue weighted by atomic mass is 16.5. The monoisotopic (exact) mass is 286 g/mol. The molecule has 1 aromatic heterocycles. The van der Waals surface area contributed by atoms with Crippen molar-refractivity contribution in [2.75, 3.05) is 13.6 Å². The summed E-state index contributed by atoms with van der Waals surface area (Å²) in [6.07, 6.45) is 6.19. The second kappa shape index (κ2) is 5.90. The van der Waals surface area contributed by atoms with Crippen molar-refractivity contribution in [2.24, 2.45) is 0 Å². The second-order valence-electron chi connectivity index (χ2n) is 5.81. The van der Waals surface area contributed by atoms with E-state index in [9.17, 15) is 4.79 Å². The van der Waals surface area contributed by atoms with Crippen LogP contribution in [0.2, 0.25) is 0 Å². The zero-order valence-electron chi connectivity index (χ0n) is 12.7. The van der Waals surface area contributed by atoms with Gasteiger partial charge in [0, 0.05) is 42.2 Å². The molecule has 0 atom stereocenters. The van der Waals surface area contributed by atoms with E-state index < -0.39 is 0 Å². The molecule has 3 rings (SSSR count). The van der Waals surface area contributed by atoms with Crippen molar-refractivity contribution in [1.82, 2.24) is 9.88 Å². The van der Waals surface area contributed by atoms with Crippen LogP contribution in [-0.4, -0.2) is 35.5 Å². The molecule has 0 spiro atoms. The molecule has 1 aliphatic carbocycles. The predicted octanol–water partition coefficient (Wildman–Crippen LogP) is 3.12. The third kappa shape index (κ3) is 3.27. The molecule has 1 aromatic carbocycles. The Kier molecular flexibility index (Phi) is 3.97. The Morgan fingerprint density at radius 3 is 2.95 bits per heavy atom. The lowest BCUT2D eigenvalue weighted by molar-refractivity contribution is -0.134. The summed E-state index contributed by atoms with van der Waals surface area (Å²) >= 11 is 0. The highest BCUT2D eigenvalue weighted by Crippen LogP contribution is 2.27. The van der Waals surface area contributed by atoms with Crippen LogP contribution in [0.15, 0.2) is 24.4 Å². The van der Waals surface area contributed by atoms with Gasteiger partial charge < -0.3 is 14.6 Å². The molecule has 1 heterocycles. The number of aromatic nitrogens is 1. The molecule has 1 aliphatic rings. The van der Waals surface area contributed by atoms with Crippen molar-refractivity contribution in [2.45, 2.75) is 38.6 Å². The number of ether oxygens (including phenoxy) is 1. The molecule has 0 saturated heterocycles. The molecule has 1 saturated carbocycles. The molecular formula is C17H22N2O2. The number of carbonyl (C=O) groups excluding carboxylic acids is 1. The van der Waals surface area contributed by atoms with Gasteiger partial charge in [-0.2, -0.15) is 0 Å². The molecule has 0 bridgehead atoms. The largest absolute Gasteiger partial charge is 0.426 e. The van der Waals surface area contributed by atoms with Gasteiger partial charge in [-0.1, -0.05) is 6.92 Å². The summed E-state index contributed by atoms with van der Waals surface area (Å²) in [5.41, 5.74) is 2.35. The van der Waals surface area contributed by atoms with E-state index in [1.54, 1.807) is 6.92 Å². The summed E-state index contributed by atoms with van der Waals surface area (Å²) in [5.74, 6) is 0.407. The van der Waals surface area contributed by atoms with E-state index in [1.165, 1.54) is 23.8 Å². The van der Waals surface area contributed by atoms with Crippen molar-refractivity contribution in [1.29, 1.82) is 0 Å². The molecular weight excluding hydrogens is 264 g/mol. The van der Waals surface area contributed by atoms with E-state index in [2.05, 4.69) is 23.1 Å². The first kappa shape index (κ1) is 14.1. The first-order valence-electron chi connectivity index (χ1n) is 7.68. The number of hydrogen-bond acceptors (Lipinski definition) is 3. The van der Waals surface area contributed by atoms with E-state index in [1.807, 2.05) is 18.2 Å². The maximum absolute atomic E-state index is 11.3. The standard InChI is InChI=1S/C17H22N2O2/c1-3-17(20)21-14-6-7-15-12(11-18-16(15)10-14)8-9-19(2)13-4-5-13/h6-7,10-11,13,18H,3-5,8-9H2,1-2H3. The van der Waals surface area contributed by atoms with Gasteiger partial charge in [-0.05, 0) is 44.0 Å². The number of benzene rings is 1. The van der Waals surface area contributed by atoms with Gasteiger partial charge in [-0.3, -0.25) is 4.79 Å². The Hall–Kier alpha value is -1.81. The molecule has 1 fully saturated rings. The summed E-state index contributed by atoms with van der Waals surface area (Å²) in [6.45, 7) is 2.88. The van der Waals surface area contributed by atoms with E-state index >= 15 is 0 Å². The number of nitrogens with one attached hydrogen (secondary N) is 1. The topological polar surface area (TPSA) is 45.3 Å². The molecule has 21 heavy (non-hydrogen) atoms. The number of nitrogens with zero attached hydrogens (tertiary/aromatic N) is 1. The van der Waals surface area contributed by atoms with Crippen LogP contribution in [0.5, 0.6) is 5.75 Å². The summed E-state index contributed by atoms with van der Waals surface area (Å²) in [5, 5.41) is 1.22. The Labute approximate surface area is 125 Å². The summed E-state index contributed by atoms with van der Waals surface area (Å²) in [6, 6.07) is 6.61. The molecule has 4 nitrogen and oxygen atoms in total. The Morgan fingerprint density at radius 2 is 2.24 bits per heavy atom. The van der Waals surface area contributed by atoms with Gasteiger partial charge >= 0.3 is 5.97 Å². The lowest BCUT2D eigenvalue weighted by atomic mass is 10.1. The third-order valence-electron chi connectivity index (χ3n) is 4.16. The van der Waals surface area contributed by atoms with Crippen LogP contribution in [0.25, 0.3) is 10.9 Å². The fourth-order valence-corrected chi connectivity index (χ4v) is 2.63. The van der Waals surface area contributed by atoms with Crippen molar-refractivity contribution < 1.29 is 9.53 Å². The van der Waals surface area contributed by atoms with Crippen molar-refractivity contribution in [3.8, 4) is 5.75 Å². The maximum Gasteiger partial charge on any atom is 0.310 e. The summed E-state index contributed by atoms with van der Waals surface area (Å²) in [4.78, 5) is 17.1. The van der Waals surface area contributed by atoms with Crippen LogP contribution >= 0.6 is 0 Å². The van der Waals surface area contributed by atoms with Crippen LogP contribution in [-0.2, 0) is 11.2 Å². The zero-order chi connectivity index (χ0) is 14.8. The number of esters is 1. The van der Waals surface area contributed by atoms with Crippen molar-refractivity contribution in [3.63, 3.8) is 0 Å². The minimum Gasteiger partial charge on any atom is -0.426 e. The normalized spacial score (nSPS) is 14.8. The van der Waals surface area contributed by atoms with Gasteiger partial charge in [0.15, 0.2) is 0 Å². The van der Waals surface area contributed by atoms with Crippen LogP contribution in [0.3, 0.4) is 0 Å². The van der Waals surface area contributed by atoms with Gasteiger partial charge in [0.2, 0.25) is 0 Å². The van der Waals surface area contributed by atoms with E-state index in [4.69, 9.17) is 4.74 Å². The Morgan fingerprint density at radius 1 is 1.43 bits per heavy atom. The van der Waals surface area contributed by atoms with Crippen LogP contribution in [0.1, 0.15) is 31.7 Å². The highest BCUT2D eigenvalue weighted by molar-refractivity contribution is 5.85. The maximum atomic E-state index is 11.3. The average molecular weight is 286 g/mol. The third-order valence-corrected chi connectivity index (χ3v) is 4.16. The van der Waals surface area contributed by atoms with Crippen LogP contribution < -0.4 is 4.74 Å². The summed E-state index contributed by atoms with van der Waals surface area (Å²) < 4.78 is 5.25.